The van der Waals surface area contributed by atoms with Crippen LogP contribution in [0.25, 0.3) is 0 Å². The molecule has 2 heterocycles. The minimum atomic E-state index is -0.349. The van der Waals surface area contributed by atoms with Crippen molar-refractivity contribution in [1.82, 2.24) is 9.47 Å². The zero-order valence-corrected chi connectivity index (χ0v) is 19.9. The molecule has 0 N–H and O–H groups in total. The Balaban J connectivity index is 1.55. The smallest absolute Gasteiger partial charge is 0.279 e. The van der Waals surface area contributed by atoms with Crippen LogP contribution in [0, 0.1) is 6.92 Å². The highest BCUT2D eigenvalue weighted by Crippen LogP contribution is 2.27. The molecule has 0 radical (unpaired) electrons. The Labute approximate surface area is 196 Å². The lowest BCUT2D eigenvalue weighted by Gasteiger charge is -2.15. The van der Waals surface area contributed by atoms with E-state index in [0.29, 0.717) is 34.0 Å². The Hall–Kier alpha value is -3.39. The minimum Gasteiger partial charge on any atom is -0.493 e. The maximum Gasteiger partial charge on any atom is 0.279 e. The van der Waals surface area contributed by atoms with E-state index in [1.807, 2.05) is 46.0 Å². The van der Waals surface area contributed by atoms with Gasteiger partial charge >= 0.3 is 0 Å². The van der Waals surface area contributed by atoms with Gasteiger partial charge in [0.15, 0.2) is 16.3 Å². The number of hydrogen-bond acceptors (Lipinski definition) is 5. The van der Waals surface area contributed by atoms with Crippen molar-refractivity contribution in [3.05, 3.63) is 75.0 Å². The molecule has 172 valence electrons. The van der Waals surface area contributed by atoms with Crippen LogP contribution in [0.5, 0.6) is 11.5 Å². The van der Waals surface area contributed by atoms with Crippen LogP contribution in [0.15, 0.2) is 52.8 Å². The molecule has 33 heavy (non-hydrogen) atoms. The second-order valence-corrected chi connectivity index (χ2v) is 8.77. The lowest BCUT2D eigenvalue weighted by molar-refractivity contribution is 0.0792. The number of aromatic nitrogens is 1. The molecular weight excluding hydrogens is 438 g/mol. The Morgan fingerprint density at radius 2 is 1.64 bits per heavy atom. The van der Waals surface area contributed by atoms with E-state index < -0.39 is 0 Å². The van der Waals surface area contributed by atoms with Gasteiger partial charge in [0, 0.05) is 35.3 Å². The minimum absolute atomic E-state index is 0.0922. The number of carbonyl (C=O) groups is 2. The van der Waals surface area contributed by atoms with E-state index in [4.69, 9.17) is 9.47 Å². The van der Waals surface area contributed by atoms with Gasteiger partial charge in [-0.3, -0.25) is 9.59 Å². The number of aryl methyl sites for hydroxylation is 1. The molecule has 0 aliphatic carbocycles. The molecule has 8 heteroatoms. The van der Waals surface area contributed by atoms with E-state index in [2.05, 4.69) is 4.99 Å². The normalized spacial score (nSPS) is 13.9. The predicted molar refractivity (Wildman–Crippen MR) is 127 cm³/mol. The van der Waals surface area contributed by atoms with Crippen LogP contribution in [0.2, 0.25) is 0 Å². The fraction of sp³-hybridized carbons (Fsp3) is 0.320. The van der Waals surface area contributed by atoms with Crippen molar-refractivity contribution in [3.63, 3.8) is 0 Å². The second kappa shape index (κ2) is 10.0. The van der Waals surface area contributed by atoms with Crippen molar-refractivity contribution in [2.45, 2.75) is 26.3 Å². The quantitative estimate of drug-likeness (QED) is 0.554. The average molecular weight is 466 g/mol. The molecule has 0 bridgehead atoms. The summed E-state index contributed by atoms with van der Waals surface area (Å²) in [6.07, 6.45) is 2.15. The first-order valence-electron chi connectivity index (χ1n) is 10.8. The van der Waals surface area contributed by atoms with Crippen molar-refractivity contribution < 1.29 is 19.1 Å². The third-order valence-corrected chi connectivity index (χ3v) is 6.74. The molecule has 0 atom stereocenters. The summed E-state index contributed by atoms with van der Waals surface area (Å²) in [5, 5.41) is 1.98. The molecule has 4 rings (SSSR count). The van der Waals surface area contributed by atoms with E-state index in [1.54, 1.807) is 25.3 Å². The van der Waals surface area contributed by atoms with Crippen LogP contribution in [-0.4, -0.2) is 48.6 Å². The maximum absolute atomic E-state index is 12.8. The monoisotopic (exact) mass is 465 g/mol. The van der Waals surface area contributed by atoms with Gasteiger partial charge < -0.3 is 18.9 Å². The van der Waals surface area contributed by atoms with E-state index in [0.717, 1.165) is 37.2 Å². The van der Waals surface area contributed by atoms with Gasteiger partial charge in [0.1, 0.15) is 0 Å². The molecule has 2 amide bonds. The lowest BCUT2D eigenvalue weighted by atomic mass is 10.1. The number of likely N-dealkylation sites (tertiary alicyclic amines) is 1. The number of methoxy groups -OCH3 is 2. The molecule has 1 aromatic heterocycles. The van der Waals surface area contributed by atoms with Gasteiger partial charge in [0.05, 0.1) is 20.8 Å². The van der Waals surface area contributed by atoms with Crippen molar-refractivity contribution in [2.75, 3.05) is 27.3 Å². The molecule has 1 aliphatic rings. The molecule has 7 nitrogen and oxygen atoms in total. The Bertz CT molecular complexity index is 1220. The van der Waals surface area contributed by atoms with E-state index >= 15 is 0 Å². The summed E-state index contributed by atoms with van der Waals surface area (Å²) in [4.78, 5) is 32.3. The third kappa shape index (κ3) is 5.01. The van der Waals surface area contributed by atoms with Crippen LogP contribution >= 0.6 is 11.3 Å². The lowest BCUT2D eigenvalue weighted by Crippen LogP contribution is -2.27. The summed E-state index contributed by atoms with van der Waals surface area (Å²) in [6.45, 7) is 4.22. The van der Waals surface area contributed by atoms with Crippen LogP contribution < -0.4 is 14.3 Å². The van der Waals surface area contributed by atoms with Gasteiger partial charge in [-0.25, -0.2) is 0 Å². The van der Waals surface area contributed by atoms with Gasteiger partial charge in [-0.05, 0) is 55.7 Å². The number of benzene rings is 2. The van der Waals surface area contributed by atoms with Crippen LogP contribution in [0.1, 0.15) is 44.8 Å². The van der Waals surface area contributed by atoms with Gasteiger partial charge in [-0.1, -0.05) is 12.1 Å². The first kappa shape index (κ1) is 22.8. The molecule has 2 aromatic carbocycles. The summed E-state index contributed by atoms with van der Waals surface area (Å²) in [5.74, 6) is 0.785. The number of thiazole rings is 1. The highest BCUT2D eigenvalue weighted by atomic mass is 32.1. The molecule has 1 aliphatic heterocycles. The first-order valence-corrected chi connectivity index (χ1v) is 11.7. The van der Waals surface area contributed by atoms with E-state index in [1.165, 1.54) is 18.4 Å². The van der Waals surface area contributed by atoms with Gasteiger partial charge in [-0.2, -0.15) is 4.99 Å². The molecular formula is C25H27N3O4S. The second-order valence-electron chi connectivity index (χ2n) is 7.93. The molecule has 0 unspecified atom stereocenters. The summed E-state index contributed by atoms with van der Waals surface area (Å²) in [5.41, 5.74) is 3.18. The fourth-order valence-electron chi connectivity index (χ4n) is 3.85. The standard InChI is InChI=1S/C25H27N3O4S/c1-17-16-33-25(26-23(29)20-10-11-21(31-2)22(14-20)32-3)28(17)15-18-6-8-19(9-7-18)24(30)27-12-4-5-13-27/h6-11,14,16H,4-5,12-13,15H2,1-3H3. The molecule has 1 saturated heterocycles. The zero-order valence-electron chi connectivity index (χ0n) is 19.0. The number of ether oxygens (including phenoxy) is 2. The third-order valence-electron chi connectivity index (χ3n) is 5.75. The number of nitrogens with zero attached hydrogens (tertiary/aromatic N) is 3. The molecule has 0 spiro atoms. The van der Waals surface area contributed by atoms with Crippen molar-refractivity contribution in [1.29, 1.82) is 0 Å². The van der Waals surface area contributed by atoms with Crippen LogP contribution in [0.3, 0.4) is 0 Å². The summed E-state index contributed by atoms with van der Waals surface area (Å²) >= 11 is 1.42. The highest BCUT2D eigenvalue weighted by Gasteiger charge is 2.19. The SMILES string of the molecule is COc1ccc(C(=O)N=c2scc(C)n2Cc2ccc(C(=O)N3CCCC3)cc2)cc1OC. The maximum atomic E-state index is 12.8. The Morgan fingerprint density at radius 1 is 0.970 bits per heavy atom. The van der Waals surface area contributed by atoms with Crippen molar-refractivity contribution >= 4 is 23.2 Å². The van der Waals surface area contributed by atoms with Crippen LogP contribution in [-0.2, 0) is 6.54 Å². The molecule has 1 fully saturated rings. The summed E-state index contributed by atoms with van der Waals surface area (Å²) in [6, 6.07) is 12.7. The van der Waals surface area contributed by atoms with E-state index in [-0.39, 0.29) is 11.8 Å². The average Bonchev–Trinajstić information content (AvgIpc) is 3.50. The molecule has 0 saturated carbocycles. The van der Waals surface area contributed by atoms with E-state index in [9.17, 15) is 9.59 Å². The Morgan fingerprint density at radius 3 is 2.30 bits per heavy atom. The van der Waals surface area contributed by atoms with Gasteiger partial charge in [-0.15, -0.1) is 11.3 Å². The summed E-state index contributed by atoms with van der Waals surface area (Å²) in [7, 11) is 3.08. The topological polar surface area (TPSA) is 73.1 Å². The van der Waals surface area contributed by atoms with Crippen molar-refractivity contribution in [2.24, 2.45) is 4.99 Å². The van der Waals surface area contributed by atoms with Gasteiger partial charge in [0.2, 0.25) is 0 Å². The fourth-order valence-corrected chi connectivity index (χ4v) is 4.73. The zero-order chi connectivity index (χ0) is 23.4. The largest absolute Gasteiger partial charge is 0.493 e. The predicted octanol–water partition coefficient (Wildman–Crippen LogP) is 3.90. The first-order chi connectivity index (χ1) is 16.0. The number of hydrogen-bond donors (Lipinski definition) is 0. The highest BCUT2D eigenvalue weighted by molar-refractivity contribution is 7.07. The van der Waals surface area contributed by atoms with Crippen molar-refractivity contribution in [3.8, 4) is 11.5 Å². The number of amides is 2. The summed E-state index contributed by atoms with van der Waals surface area (Å²) < 4.78 is 12.5. The Kier molecular flexibility index (Phi) is 6.93. The molecule has 3 aromatic rings. The number of carbonyl (C=O) groups excluding carboxylic acids is 2. The van der Waals surface area contributed by atoms with Crippen LogP contribution in [0.4, 0.5) is 0 Å². The number of rotatable bonds is 6. The van der Waals surface area contributed by atoms with Gasteiger partial charge in [0.25, 0.3) is 11.8 Å².